The summed E-state index contributed by atoms with van der Waals surface area (Å²) in [4.78, 5) is 65.4. The molecular weight excluding hydrogens is 616 g/mol. The number of ether oxygens (including phenoxy) is 3. The number of fused-ring (bicyclic) bond motifs is 1. The third kappa shape index (κ3) is 8.17. The number of hydrogen-bond donors (Lipinski definition) is 1. The van der Waals surface area contributed by atoms with Crippen molar-refractivity contribution < 1.29 is 48.4 Å². The number of aliphatic carboxylic acids is 2. The van der Waals surface area contributed by atoms with Crippen LogP contribution < -0.4 is 25.0 Å². The molecule has 2 amide bonds. The average Bonchev–Trinajstić information content (AvgIpc) is 3.34. The van der Waals surface area contributed by atoms with Crippen LogP contribution in [0.2, 0.25) is 0 Å². The van der Waals surface area contributed by atoms with Crippen molar-refractivity contribution in [2.45, 2.75) is 86.5 Å². The molecule has 2 heterocycles. The molecule has 12 nitrogen and oxygen atoms in total. The zero-order valence-corrected chi connectivity index (χ0v) is 28.6. The fourth-order valence-electron chi connectivity index (χ4n) is 5.58. The molecule has 1 aromatic carbocycles. The minimum atomic E-state index is -1.84. The molecule has 0 radical (unpaired) electrons. The van der Waals surface area contributed by atoms with Gasteiger partial charge in [0, 0.05) is 28.3 Å². The van der Waals surface area contributed by atoms with Crippen LogP contribution in [-0.4, -0.2) is 65.5 Å². The monoisotopic (exact) mass is 658 g/mol. The van der Waals surface area contributed by atoms with E-state index in [9.17, 15) is 34.2 Å². The number of thiophene rings is 1. The van der Waals surface area contributed by atoms with Crippen molar-refractivity contribution in [3.8, 4) is 11.5 Å². The molecule has 3 rings (SSSR count). The van der Waals surface area contributed by atoms with E-state index >= 15 is 0 Å². The Labute approximate surface area is 273 Å². The molecule has 252 valence electrons. The molecule has 0 saturated carbocycles. The van der Waals surface area contributed by atoms with E-state index in [2.05, 4.69) is 5.32 Å². The van der Waals surface area contributed by atoms with Crippen LogP contribution in [0.25, 0.3) is 0 Å². The first-order chi connectivity index (χ1) is 21.1. The summed E-state index contributed by atoms with van der Waals surface area (Å²) in [6, 6.07) is 5.61. The molecule has 0 bridgehead atoms. The van der Waals surface area contributed by atoms with Crippen molar-refractivity contribution in [3.05, 3.63) is 45.1 Å². The number of nitrogens with zero attached hydrogens (tertiary/aromatic N) is 1. The van der Waals surface area contributed by atoms with Gasteiger partial charge < -0.3 is 44.2 Å². The van der Waals surface area contributed by atoms with Crippen molar-refractivity contribution in [1.82, 2.24) is 10.2 Å². The Kier molecular flexibility index (Phi) is 10.5. The van der Waals surface area contributed by atoms with E-state index in [-0.39, 0.29) is 17.1 Å². The first kappa shape index (κ1) is 36.3. The fourth-order valence-corrected chi connectivity index (χ4v) is 6.66. The maximum absolute atomic E-state index is 13.2. The summed E-state index contributed by atoms with van der Waals surface area (Å²) >= 11 is 1.28. The van der Waals surface area contributed by atoms with Gasteiger partial charge in [-0.15, -0.1) is 11.3 Å². The molecular formula is C33H42N2O10S-2. The van der Waals surface area contributed by atoms with Crippen molar-refractivity contribution in [3.63, 3.8) is 0 Å². The van der Waals surface area contributed by atoms with Gasteiger partial charge in [0.05, 0.1) is 35.5 Å². The number of hydrogen-bond acceptors (Lipinski definition) is 11. The van der Waals surface area contributed by atoms with Crippen LogP contribution in [0.15, 0.2) is 24.3 Å². The van der Waals surface area contributed by atoms with Crippen molar-refractivity contribution in [1.29, 1.82) is 0 Å². The Morgan fingerprint density at radius 1 is 0.935 bits per heavy atom. The van der Waals surface area contributed by atoms with Gasteiger partial charge in [0.15, 0.2) is 11.4 Å². The highest BCUT2D eigenvalue weighted by Crippen LogP contribution is 2.47. The van der Waals surface area contributed by atoms with Crippen LogP contribution in [-0.2, 0) is 27.3 Å². The molecule has 1 aliphatic heterocycles. The lowest BCUT2D eigenvalue weighted by Gasteiger charge is -2.53. The van der Waals surface area contributed by atoms with E-state index in [1.807, 2.05) is 0 Å². The van der Waals surface area contributed by atoms with Gasteiger partial charge in [-0.1, -0.05) is 41.5 Å². The van der Waals surface area contributed by atoms with Crippen molar-refractivity contribution in [2.75, 3.05) is 19.7 Å². The second kappa shape index (κ2) is 13.3. The molecule has 13 heteroatoms. The smallest absolute Gasteiger partial charge is 0.410 e. The van der Waals surface area contributed by atoms with Crippen LogP contribution in [0.4, 0.5) is 4.79 Å². The van der Waals surface area contributed by atoms with Gasteiger partial charge in [-0.2, -0.15) is 0 Å². The zero-order chi connectivity index (χ0) is 34.8. The van der Waals surface area contributed by atoms with E-state index in [1.54, 1.807) is 73.3 Å². The van der Waals surface area contributed by atoms with Gasteiger partial charge in [0.25, 0.3) is 5.91 Å². The first-order valence-corrected chi connectivity index (χ1v) is 15.7. The second-order valence-electron chi connectivity index (χ2n) is 14.2. The summed E-state index contributed by atoms with van der Waals surface area (Å²) in [5, 5.41) is 26.3. The molecule has 0 aliphatic carbocycles. The lowest BCUT2D eigenvalue weighted by atomic mass is 9.62. The molecule has 46 heavy (non-hydrogen) atoms. The standard InChI is InChI=1S/C33H44N2O10S/c1-30(2,3)33(28(40)41,31(4,5)6)44-20-10-11-21(23(15-20)43-18-26(37)38)22(36)16-34-27(39)25-14-19-17-35(13-12-24(19)46-25)29(42)45-32(7,8)9/h10-11,14-15H,12-13,16-18H2,1-9H3,(H,34,39)(H,37,38)(H,40,41)/p-2. The van der Waals surface area contributed by atoms with Gasteiger partial charge in [-0.05, 0) is 51.0 Å². The Morgan fingerprint density at radius 3 is 2.11 bits per heavy atom. The van der Waals surface area contributed by atoms with Gasteiger partial charge in [0.1, 0.15) is 23.7 Å². The van der Waals surface area contributed by atoms with Crippen LogP contribution in [0.5, 0.6) is 11.5 Å². The molecule has 0 unspecified atom stereocenters. The SMILES string of the molecule is CC(C)(C)OC(=O)N1CCc2sc(C(=O)NCC(=O)c3ccc(OC(C(=O)[O-])(C(C)(C)C)C(C)(C)C)cc3OCC(=O)[O-])cc2C1. The second-order valence-corrected chi connectivity index (χ2v) is 15.3. The average molecular weight is 659 g/mol. The number of carbonyl (C=O) groups is 5. The summed E-state index contributed by atoms with van der Waals surface area (Å²) in [6.45, 7) is 15.0. The number of benzene rings is 1. The summed E-state index contributed by atoms with van der Waals surface area (Å²) in [5.41, 5.74) is -3.61. The maximum Gasteiger partial charge on any atom is 0.410 e. The summed E-state index contributed by atoms with van der Waals surface area (Å²) in [6.07, 6.45) is 0.124. The largest absolute Gasteiger partial charge is 0.546 e. The lowest BCUT2D eigenvalue weighted by molar-refractivity contribution is -0.337. The molecule has 0 atom stereocenters. The minimum Gasteiger partial charge on any atom is -0.546 e. The molecule has 0 spiro atoms. The molecule has 0 saturated heterocycles. The highest BCUT2D eigenvalue weighted by atomic mass is 32.1. The summed E-state index contributed by atoms with van der Waals surface area (Å²) in [7, 11) is 0. The van der Waals surface area contributed by atoms with Crippen LogP contribution in [0, 0.1) is 10.8 Å². The molecule has 1 aromatic heterocycles. The number of Topliss-reactive ketones (excluding diaryl/α,β-unsaturated/α-hetero) is 1. The van der Waals surface area contributed by atoms with Gasteiger partial charge in [-0.3, -0.25) is 9.59 Å². The van der Waals surface area contributed by atoms with E-state index in [4.69, 9.17) is 14.2 Å². The predicted octanol–water partition coefficient (Wildman–Crippen LogP) is 2.74. The fraction of sp³-hybridized carbons (Fsp3) is 0.545. The number of carbonyl (C=O) groups excluding carboxylic acids is 5. The van der Waals surface area contributed by atoms with Gasteiger partial charge >= 0.3 is 6.09 Å². The third-order valence-corrected chi connectivity index (χ3v) is 8.66. The van der Waals surface area contributed by atoms with E-state index in [0.717, 1.165) is 10.4 Å². The van der Waals surface area contributed by atoms with Crippen molar-refractivity contribution >= 4 is 41.1 Å². The molecule has 1 aliphatic rings. The van der Waals surface area contributed by atoms with Gasteiger partial charge in [0.2, 0.25) is 0 Å². The van der Waals surface area contributed by atoms with E-state index in [1.165, 1.54) is 29.5 Å². The third-order valence-electron chi connectivity index (χ3n) is 7.42. The number of rotatable bonds is 10. The highest BCUT2D eigenvalue weighted by molar-refractivity contribution is 7.14. The maximum atomic E-state index is 13.2. The minimum absolute atomic E-state index is 0.00701. The molecule has 1 N–H and O–H groups in total. The Hall–Kier alpha value is -4.13. The Balaban J connectivity index is 1.79. The van der Waals surface area contributed by atoms with Gasteiger partial charge in [-0.25, -0.2) is 4.79 Å². The normalized spacial score (nSPS) is 13.8. The predicted molar refractivity (Wildman–Crippen MR) is 166 cm³/mol. The number of carboxylic acids is 2. The molecule has 2 aromatic rings. The van der Waals surface area contributed by atoms with E-state index in [0.29, 0.717) is 24.4 Å². The quantitative estimate of drug-likeness (QED) is 0.374. The van der Waals surface area contributed by atoms with Crippen LogP contribution >= 0.6 is 11.3 Å². The van der Waals surface area contributed by atoms with E-state index < -0.39 is 64.9 Å². The lowest BCUT2D eigenvalue weighted by Crippen LogP contribution is -2.67. The summed E-state index contributed by atoms with van der Waals surface area (Å²) < 4.78 is 16.9. The Morgan fingerprint density at radius 2 is 1.57 bits per heavy atom. The number of amides is 2. The number of nitrogens with one attached hydrogen (secondary N) is 1. The van der Waals surface area contributed by atoms with Crippen LogP contribution in [0.1, 0.15) is 92.8 Å². The Bertz CT molecular complexity index is 1490. The molecule has 0 fully saturated rings. The zero-order valence-electron chi connectivity index (χ0n) is 27.8. The highest BCUT2D eigenvalue weighted by Gasteiger charge is 2.54. The van der Waals surface area contributed by atoms with Crippen molar-refractivity contribution in [2.24, 2.45) is 10.8 Å². The van der Waals surface area contributed by atoms with Crippen LogP contribution in [0.3, 0.4) is 0 Å². The topological polar surface area (TPSA) is 174 Å². The number of ketones is 1. The first-order valence-electron chi connectivity index (χ1n) is 14.8. The summed E-state index contributed by atoms with van der Waals surface area (Å²) in [5.74, 6) is -4.26. The number of carboxylic acid groups (broad SMARTS) is 2.